The molecule has 2 amide bonds. The van der Waals surface area contributed by atoms with Crippen LogP contribution in [0.2, 0.25) is 0 Å². The molecule has 24 heavy (non-hydrogen) atoms. The minimum atomic E-state index is -0.145. The number of rotatable bonds is 5. The smallest absolute Gasteiger partial charge is 0.254 e. The molecular weight excluding hydrogens is 306 g/mol. The zero-order valence-electron chi connectivity index (χ0n) is 14.8. The predicted molar refractivity (Wildman–Crippen MR) is 92.9 cm³/mol. The van der Waals surface area contributed by atoms with Crippen LogP contribution in [0, 0.1) is 5.92 Å². The summed E-state index contributed by atoms with van der Waals surface area (Å²) in [6, 6.07) is 3.14. The van der Waals surface area contributed by atoms with Crippen molar-refractivity contribution in [2.75, 3.05) is 27.2 Å². The Morgan fingerprint density at radius 1 is 1.33 bits per heavy atom. The quantitative estimate of drug-likeness (QED) is 0.822. The Bertz CT molecular complexity index is 651. The highest BCUT2D eigenvalue weighted by molar-refractivity contribution is 5.94. The molecule has 1 aromatic heterocycles. The van der Waals surface area contributed by atoms with Crippen molar-refractivity contribution in [2.45, 2.75) is 39.2 Å². The molecule has 6 heteroatoms. The van der Waals surface area contributed by atoms with Crippen molar-refractivity contribution >= 4 is 11.8 Å². The van der Waals surface area contributed by atoms with Gasteiger partial charge in [0.05, 0.1) is 0 Å². The van der Waals surface area contributed by atoms with E-state index in [4.69, 9.17) is 0 Å². The van der Waals surface area contributed by atoms with Gasteiger partial charge in [0.15, 0.2) is 0 Å². The molecule has 2 heterocycles. The second-order valence-electron chi connectivity index (χ2n) is 6.63. The Labute approximate surface area is 143 Å². The van der Waals surface area contributed by atoms with Crippen LogP contribution in [-0.2, 0) is 11.3 Å². The van der Waals surface area contributed by atoms with Gasteiger partial charge in [0, 0.05) is 58.0 Å². The highest BCUT2D eigenvalue weighted by Crippen LogP contribution is 2.22. The van der Waals surface area contributed by atoms with Crippen LogP contribution in [0.25, 0.3) is 0 Å². The van der Waals surface area contributed by atoms with Crippen molar-refractivity contribution < 1.29 is 9.59 Å². The molecule has 0 bridgehead atoms. The average molecular weight is 333 g/mol. The van der Waals surface area contributed by atoms with Crippen LogP contribution >= 0.6 is 0 Å². The number of pyridine rings is 1. The van der Waals surface area contributed by atoms with Gasteiger partial charge in [-0.3, -0.25) is 14.4 Å². The van der Waals surface area contributed by atoms with E-state index in [0.29, 0.717) is 37.5 Å². The SMILES string of the molecule is CCn1ccc(C(=O)N2CCC[C@H](CCC(=O)N(C)C)C2)cc1=O. The van der Waals surface area contributed by atoms with Gasteiger partial charge in [-0.1, -0.05) is 0 Å². The molecule has 0 aromatic carbocycles. The number of nitrogens with zero attached hydrogens (tertiary/aromatic N) is 3. The molecule has 2 rings (SSSR count). The van der Waals surface area contributed by atoms with Crippen molar-refractivity contribution in [2.24, 2.45) is 5.92 Å². The fourth-order valence-corrected chi connectivity index (χ4v) is 3.12. The summed E-state index contributed by atoms with van der Waals surface area (Å²) in [6.07, 6.45) is 4.98. The summed E-state index contributed by atoms with van der Waals surface area (Å²) < 4.78 is 1.57. The first-order valence-corrected chi connectivity index (χ1v) is 8.62. The van der Waals surface area contributed by atoms with E-state index in [9.17, 15) is 14.4 Å². The van der Waals surface area contributed by atoms with E-state index in [1.165, 1.54) is 6.07 Å². The number of carbonyl (C=O) groups is 2. The van der Waals surface area contributed by atoms with Gasteiger partial charge in [-0.15, -0.1) is 0 Å². The molecule has 132 valence electrons. The highest BCUT2D eigenvalue weighted by atomic mass is 16.2. The number of aromatic nitrogens is 1. The summed E-state index contributed by atoms with van der Waals surface area (Å²) in [7, 11) is 3.52. The summed E-state index contributed by atoms with van der Waals surface area (Å²) in [5.41, 5.74) is 0.309. The van der Waals surface area contributed by atoms with Gasteiger partial charge >= 0.3 is 0 Å². The van der Waals surface area contributed by atoms with Gasteiger partial charge in [-0.05, 0) is 38.2 Å². The summed E-state index contributed by atoms with van der Waals surface area (Å²) in [4.78, 5) is 39.7. The first kappa shape index (κ1) is 18.2. The number of hydrogen-bond acceptors (Lipinski definition) is 3. The summed E-state index contributed by atoms with van der Waals surface area (Å²) in [5, 5.41) is 0. The molecule has 0 spiro atoms. The summed E-state index contributed by atoms with van der Waals surface area (Å²) >= 11 is 0. The lowest BCUT2D eigenvalue weighted by Gasteiger charge is -2.33. The molecule has 1 aliphatic heterocycles. The Morgan fingerprint density at radius 3 is 2.71 bits per heavy atom. The van der Waals surface area contributed by atoms with E-state index in [2.05, 4.69) is 0 Å². The lowest BCUT2D eigenvalue weighted by atomic mass is 9.92. The Hall–Kier alpha value is -2.11. The number of aryl methyl sites for hydroxylation is 1. The molecule has 1 fully saturated rings. The maximum Gasteiger partial charge on any atom is 0.254 e. The van der Waals surface area contributed by atoms with Crippen LogP contribution in [0.15, 0.2) is 23.1 Å². The Kier molecular flexibility index (Phi) is 6.17. The second kappa shape index (κ2) is 8.13. The zero-order valence-corrected chi connectivity index (χ0v) is 14.8. The van der Waals surface area contributed by atoms with Crippen LogP contribution in [0.1, 0.15) is 43.0 Å². The number of likely N-dealkylation sites (tertiary alicyclic amines) is 1. The summed E-state index contributed by atoms with van der Waals surface area (Å²) in [6.45, 7) is 3.87. The lowest BCUT2D eigenvalue weighted by Crippen LogP contribution is -2.40. The minimum Gasteiger partial charge on any atom is -0.349 e. The van der Waals surface area contributed by atoms with Crippen molar-refractivity contribution in [3.8, 4) is 0 Å². The van der Waals surface area contributed by atoms with Gasteiger partial charge in [0.1, 0.15) is 0 Å². The monoisotopic (exact) mass is 333 g/mol. The highest BCUT2D eigenvalue weighted by Gasteiger charge is 2.25. The third kappa shape index (κ3) is 4.46. The lowest BCUT2D eigenvalue weighted by molar-refractivity contribution is -0.129. The van der Waals surface area contributed by atoms with Crippen molar-refractivity contribution in [1.29, 1.82) is 0 Å². The molecule has 0 unspecified atom stereocenters. The fourth-order valence-electron chi connectivity index (χ4n) is 3.12. The average Bonchev–Trinajstić information content (AvgIpc) is 2.59. The molecule has 6 nitrogen and oxygen atoms in total. The van der Waals surface area contributed by atoms with Gasteiger partial charge in [-0.2, -0.15) is 0 Å². The Morgan fingerprint density at radius 2 is 2.08 bits per heavy atom. The van der Waals surface area contributed by atoms with E-state index < -0.39 is 0 Å². The summed E-state index contributed by atoms with van der Waals surface area (Å²) in [5.74, 6) is 0.392. The molecule has 0 saturated carbocycles. The third-order valence-corrected chi connectivity index (χ3v) is 4.66. The van der Waals surface area contributed by atoms with Crippen molar-refractivity contribution in [3.63, 3.8) is 0 Å². The fraction of sp³-hybridized carbons (Fsp3) is 0.611. The maximum atomic E-state index is 12.6. The maximum absolute atomic E-state index is 12.6. The molecule has 0 aliphatic carbocycles. The van der Waals surface area contributed by atoms with Crippen molar-refractivity contribution in [3.05, 3.63) is 34.2 Å². The van der Waals surface area contributed by atoms with Crippen LogP contribution < -0.4 is 5.56 Å². The number of amides is 2. The number of piperidine rings is 1. The van der Waals surface area contributed by atoms with Gasteiger partial charge in [0.25, 0.3) is 11.5 Å². The number of carbonyl (C=O) groups excluding carboxylic acids is 2. The molecule has 0 radical (unpaired) electrons. The first-order valence-electron chi connectivity index (χ1n) is 8.62. The van der Waals surface area contributed by atoms with E-state index in [-0.39, 0.29) is 17.4 Å². The van der Waals surface area contributed by atoms with E-state index >= 15 is 0 Å². The van der Waals surface area contributed by atoms with E-state index in [1.807, 2.05) is 11.8 Å². The second-order valence-corrected chi connectivity index (χ2v) is 6.63. The third-order valence-electron chi connectivity index (χ3n) is 4.66. The van der Waals surface area contributed by atoms with Crippen molar-refractivity contribution in [1.82, 2.24) is 14.4 Å². The Balaban J connectivity index is 1.98. The van der Waals surface area contributed by atoms with Crippen LogP contribution in [0.4, 0.5) is 0 Å². The minimum absolute atomic E-state index is 0.0843. The molecule has 1 saturated heterocycles. The van der Waals surface area contributed by atoms with E-state index in [1.54, 1.807) is 35.8 Å². The topological polar surface area (TPSA) is 62.6 Å². The van der Waals surface area contributed by atoms with E-state index in [0.717, 1.165) is 19.3 Å². The molecule has 0 N–H and O–H groups in total. The predicted octanol–water partition coefficient (Wildman–Crippen LogP) is 1.59. The first-order chi connectivity index (χ1) is 11.4. The molecule has 1 atom stereocenters. The zero-order chi connectivity index (χ0) is 17.7. The standard InChI is InChI=1S/C18H27N3O3/c1-4-20-11-9-15(12-17(20)23)18(24)21-10-5-6-14(13-21)7-8-16(22)19(2)3/h9,11-12,14H,4-8,10,13H2,1-3H3/t14-/m1/s1. The van der Waals surface area contributed by atoms with Gasteiger partial charge in [0.2, 0.25) is 5.91 Å². The molecule has 1 aromatic rings. The van der Waals surface area contributed by atoms with Gasteiger partial charge < -0.3 is 14.4 Å². The normalized spacial score (nSPS) is 17.6. The molecule has 1 aliphatic rings. The number of hydrogen-bond donors (Lipinski definition) is 0. The largest absolute Gasteiger partial charge is 0.349 e. The molecular formula is C18H27N3O3. The van der Waals surface area contributed by atoms with Crippen LogP contribution in [0.3, 0.4) is 0 Å². The van der Waals surface area contributed by atoms with Crippen LogP contribution in [-0.4, -0.2) is 53.4 Å². The van der Waals surface area contributed by atoms with Crippen LogP contribution in [0.5, 0.6) is 0 Å². The van der Waals surface area contributed by atoms with Gasteiger partial charge in [-0.25, -0.2) is 0 Å².